The van der Waals surface area contributed by atoms with Gasteiger partial charge in [-0.2, -0.15) is 15.0 Å². The average Bonchev–Trinajstić information content (AvgIpc) is 2.38. The van der Waals surface area contributed by atoms with E-state index in [1.165, 1.54) is 14.2 Å². The highest BCUT2D eigenvalue weighted by Gasteiger charge is 2.08. The van der Waals surface area contributed by atoms with Gasteiger partial charge in [0.15, 0.2) is 5.82 Å². The highest BCUT2D eigenvalue weighted by Crippen LogP contribution is 2.21. The summed E-state index contributed by atoms with van der Waals surface area (Å²) in [5.74, 6) is 0.876. The van der Waals surface area contributed by atoms with Crippen LogP contribution in [0.2, 0.25) is 5.28 Å². The lowest BCUT2D eigenvalue weighted by Gasteiger charge is -2.04. The molecule has 0 aliphatic carbocycles. The van der Waals surface area contributed by atoms with Crippen LogP contribution in [-0.2, 0) is 0 Å². The van der Waals surface area contributed by atoms with E-state index in [4.69, 9.17) is 21.1 Å². The quantitative estimate of drug-likeness (QED) is 0.826. The molecule has 17 heavy (non-hydrogen) atoms. The Balaban J connectivity index is 2.47. The van der Waals surface area contributed by atoms with Gasteiger partial charge in [0.25, 0.3) is 0 Å². The maximum absolute atomic E-state index is 5.76. The second-order valence-corrected chi connectivity index (χ2v) is 3.34. The molecule has 2 rings (SSSR count). The third-order valence-corrected chi connectivity index (χ3v) is 2.14. The van der Waals surface area contributed by atoms with Gasteiger partial charge in [-0.15, -0.1) is 0 Å². The van der Waals surface area contributed by atoms with Crippen LogP contribution in [0.1, 0.15) is 0 Å². The zero-order valence-corrected chi connectivity index (χ0v) is 9.97. The van der Waals surface area contributed by atoms with E-state index in [-0.39, 0.29) is 11.3 Å². The summed E-state index contributed by atoms with van der Waals surface area (Å²) in [6.45, 7) is 0. The number of hydrogen-bond acceptors (Lipinski definition) is 6. The lowest BCUT2D eigenvalue weighted by molar-refractivity contribution is 0.378. The van der Waals surface area contributed by atoms with Gasteiger partial charge in [0, 0.05) is 17.8 Å². The first-order chi connectivity index (χ1) is 8.22. The second kappa shape index (κ2) is 4.92. The van der Waals surface area contributed by atoms with E-state index in [0.29, 0.717) is 11.7 Å². The summed E-state index contributed by atoms with van der Waals surface area (Å²) < 4.78 is 9.94. The van der Waals surface area contributed by atoms with Crippen LogP contribution < -0.4 is 9.47 Å². The SMILES string of the molecule is COc1cc(-c2nc(Cl)nc(OC)n2)ccn1. The molecule has 0 amide bonds. The van der Waals surface area contributed by atoms with Crippen molar-refractivity contribution in [1.29, 1.82) is 0 Å². The first-order valence-electron chi connectivity index (χ1n) is 4.69. The summed E-state index contributed by atoms with van der Waals surface area (Å²) in [4.78, 5) is 15.9. The van der Waals surface area contributed by atoms with Crippen molar-refractivity contribution < 1.29 is 9.47 Å². The summed E-state index contributed by atoms with van der Waals surface area (Å²) in [6, 6.07) is 3.61. The molecule has 7 heteroatoms. The highest BCUT2D eigenvalue weighted by molar-refractivity contribution is 6.28. The molecule has 0 N–H and O–H groups in total. The van der Waals surface area contributed by atoms with Gasteiger partial charge >= 0.3 is 6.01 Å². The van der Waals surface area contributed by atoms with Crippen molar-refractivity contribution in [2.24, 2.45) is 0 Å². The van der Waals surface area contributed by atoms with Gasteiger partial charge in [0.1, 0.15) is 0 Å². The molecule has 0 spiro atoms. The number of hydrogen-bond donors (Lipinski definition) is 0. The van der Waals surface area contributed by atoms with Crippen molar-refractivity contribution in [3.05, 3.63) is 23.6 Å². The van der Waals surface area contributed by atoms with Crippen LogP contribution in [0.3, 0.4) is 0 Å². The summed E-state index contributed by atoms with van der Waals surface area (Å²) in [5.41, 5.74) is 0.722. The minimum absolute atomic E-state index is 0.0719. The normalized spacial score (nSPS) is 10.1. The number of pyridine rings is 1. The predicted molar refractivity (Wildman–Crippen MR) is 61.2 cm³/mol. The fourth-order valence-electron chi connectivity index (χ4n) is 1.21. The Hall–Kier alpha value is -1.95. The van der Waals surface area contributed by atoms with Crippen LogP contribution in [-0.4, -0.2) is 34.2 Å². The maximum atomic E-state index is 5.76. The standard InChI is InChI=1S/C10H9ClN4O2/c1-16-7-5-6(3-4-12-7)8-13-9(11)15-10(14-8)17-2/h3-5H,1-2H3. The van der Waals surface area contributed by atoms with Gasteiger partial charge in [0.2, 0.25) is 11.2 Å². The van der Waals surface area contributed by atoms with Crippen molar-refractivity contribution in [2.45, 2.75) is 0 Å². The molecule has 0 unspecified atom stereocenters. The average molecular weight is 253 g/mol. The molecule has 6 nitrogen and oxygen atoms in total. The summed E-state index contributed by atoms with van der Waals surface area (Å²) in [6.07, 6.45) is 1.60. The Kier molecular flexibility index (Phi) is 3.34. The number of rotatable bonds is 3. The minimum Gasteiger partial charge on any atom is -0.481 e. The molecule has 0 saturated carbocycles. The molecular formula is C10H9ClN4O2. The van der Waals surface area contributed by atoms with Crippen molar-refractivity contribution in [2.75, 3.05) is 14.2 Å². The van der Waals surface area contributed by atoms with E-state index in [0.717, 1.165) is 5.56 Å². The van der Waals surface area contributed by atoms with Crippen LogP contribution in [0.15, 0.2) is 18.3 Å². The zero-order valence-electron chi connectivity index (χ0n) is 9.22. The van der Waals surface area contributed by atoms with Crippen LogP contribution >= 0.6 is 11.6 Å². The van der Waals surface area contributed by atoms with E-state index >= 15 is 0 Å². The van der Waals surface area contributed by atoms with Gasteiger partial charge < -0.3 is 9.47 Å². The first-order valence-corrected chi connectivity index (χ1v) is 5.06. The smallest absolute Gasteiger partial charge is 0.321 e. The van der Waals surface area contributed by atoms with E-state index < -0.39 is 0 Å². The van der Waals surface area contributed by atoms with Gasteiger partial charge in [-0.1, -0.05) is 0 Å². The Morgan fingerprint density at radius 3 is 2.65 bits per heavy atom. The Morgan fingerprint density at radius 1 is 1.12 bits per heavy atom. The van der Waals surface area contributed by atoms with E-state index in [9.17, 15) is 0 Å². The molecule has 0 bridgehead atoms. The van der Waals surface area contributed by atoms with E-state index in [1.807, 2.05) is 0 Å². The molecule has 2 heterocycles. The molecule has 0 aromatic carbocycles. The maximum Gasteiger partial charge on any atom is 0.321 e. The van der Waals surface area contributed by atoms with Crippen LogP contribution in [0.4, 0.5) is 0 Å². The largest absolute Gasteiger partial charge is 0.481 e. The minimum atomic E-state index is 0.0719. The molecule has 0 aliphatic heterocycles. The number of ether oxygens (including phenoxy) is 2. The Morgan fingerprint density at radius 2 is 1.94 bits per heavy atom. The van der Waals surface area contributed by atoms with E-state index in [1.54, 1.807) is 18.3 Å². The van der Waals surface area contributed by atoms with Gasteiger partial charge in [-0.25, -0.2) is 4.98 Å². The highest BCUT2D eigenvalue weighted by atomic mass is 35.5. The van der Waals surface area contributed by atoms with Gasteiger partial charge in [-0.3, -0.25) is 0 Å². The fraction of sp³-hybridized carbons (Fsp3) is 0.200. The molecule has 2 aromatic rings. The summed E-state index contributed by atoms with van der Waals surface area (Å²) >= 11 is 5.76. The van der Waals surface area contributed by atoms with Crippen LogP contribution in [0, 0.1) is 0 Å². The first kappa shape index (κ1) is 11.5. The number of nitrogens with zero attached hydrogens (tertiary/aromatic N) is 4. The third-order valence-electron chi connectivity index (χ3n) is 1.97. The van der Waals surface area contributed by atoms with Gasteiger partial charge in [0.05, 0.1) is 14.2 Å². The Bertz CT molecular complexity index is 535. The van der Waals surface area contributed by atoms with E-state index in [2.05, 4.69) is 19.9 Å². The molecule has 0 aliphatic rings. The lowest BCUT2D eigenvalue weighted by Crippen LogP contribution is -1.98. The topological polar surface area (TPSA) is 70.0 Å². The van der Waals surface area contributed by atoms with Gasteiger partial charge in [-0.05, 0) is 17.7 Å². The zero-order chi connectivity index (χ0) is 12.3. The third kappa shape index (κ3) is 2.59. The van der Waals surface area contributed by atoms with Crippen molar-refractivity contribution in [1.82, 2.24) is 19.9 Å². The molecular weight excluding hydrogens is 244 g/mol. The molecule has 88 valence electrons. The number of methoxy groups -OCH3 is 2. The monoisotopic (exact) mass is 252 g/mol. The molecule has 0 fully saturated rings. The van der Waals surface area contributed by atoms with Crippen molar-refractivity contribution in [3.8, 4) is 23.3 Å². The molecule has 0 atom stereocenters. The molecule has 2 aromatic heterocycles. The number of halogens is 1. The predicted octanol–water partition coefficient (Wildman–Crippen LogP) is 1.60. The Labute approximate surface area is 103 Å². The van der Waals surface area contributed by atoms with Crippen molar-refractivity contribution >= 4 is 11.6 Å². The summed E-state index contributed by atoms with van der Waals surface area (Å²) in [7, 11) is 3.00. The van der Waals surface area contributed by atoms with Crippen LogP contribution in [0.25, 0.3) is 11.4 Å². The lowest BCUT2D eigenvalue weighted by atomic mass is 10.2. The summed E-state index contributed by atoms with van der Waals surface area (Å²) in [5, 5.41) is 0.0719. The second-order valence-electron chi connectivity index (χ2n) is 3.00. The fourth-order valence-corrected chi connectivity index (χ4v) is 1.36. The number of aromatic nitrogens is 4. The van der Waals surface area contributed by atoms with Crippen molar-refractivity contribution in [3.63, 3.8) is 0 Å². The molecule has 0 saturated heterocycles. The molecule has 0 radical (unpaired) electrons. The van der Waals surface area contributed by atoms with Crippen LogP contribution in [0.5, 0.6) is 11.9 Å².